The first kappa shape index (κ1) is 17.4. The lowest BCUT2D eigenvalue weighted by molar-refractivity contribution is 0.00459. The molecule has 1 aliphatic rings. The highest BCUT2D eigenvalue weighted by atomic mass is 35.5. The van der Waals surface area contributed by atoms with Crippen molar-refractivity contribution >= 4 is 11.6 Å². The molecule has 1 aromatic carbocycles. The molecule has 5 nitrogen and oxygen atoms in total. The number of aromatic nitrogens is 2. The molecule has 1 aliphatic heterocycles. The van der Waals surface area contributed by atoms with Gasteiger partial charge in [-0.05, 0) is 18.4 Å². The summed E-state index contributed by atoms with van der Waals surface area (Å²) in [6.45, 7) is 3.47. The molecule has 6 heteroatoms. The average molecular weight is 350 g/mol. The van der Waals surface area contributed by atoms with E-state index in [9.17, 15) is 5.11 Å². The Morgan fingerprint density at radius 3 is 2.67 bits per heavy atom. The van der Waals surface area contributed by atoms with Crippen molar-refractivity contribution in [3.63, 3.8) is 0 Å². The number of hydrogen-bond donors (Lipinski definition) is 1. The lowest BCUT2D eigenvalue weighted by atomic mass is 10.1. The molecule has 130 valence electrons. The monoisotopic (exact) mass is 349 g/mol. The number of β-amino-alcohol motifs (C(OH)–C–C–N with tert-alkyl or cyclic N) is 1. The highest BCUT2D eigenvalue weighted by molar-refractivity contribution is 6.30. The number of aliphatic hydroxyl groups is 1. The summed E-state index contributed by atoms with van der Waals surface area (Å²) in [5.41, 5.74) is 1.13. The van der Waals surface area contributed by atoms with E-state index in [2.05, 4.69) is 10.00 Å². The summed E-state index contributed by atoms with van der Waals surface area (Å²) in [5.74, 6) is 0. The fourth-order valence-electron chi connectivity index (χ4n) is 3.12. The Morgan fingerprint density at radius 1 is 1.25 bits per heavy atom. The van der Waals surface area contributed by atoms with Crippen molar-refractivity contribution in [1.29, 1.82) is 0 Å². The van der Waals surface area contributed by atoms with Crippen LogP contribution >= 0.6 is 11.6 Å². The quantitative estimate of drug-likeness (QED) is 0.835. The number of rotatable bonds is 7. The number of nitrogens with zero attached hydrogens (tertiary/aromatic N) is 3. The number of likely N-dealkylation sites (tertiary alicyclic amines) is 1. The molecule has 0 aliphatic carbocycles. The predicted octanol–water partition coefficient (Wildman–Crippen LogP) is 2.75. The Labute approximate surface area is 147 Å². The molecular weight excluding hydrogens is 326 g/mol. The first-order valence-electron chi connectivity index (χ1n) is 8.42. The molecule has 1 N–H and O–H groups in total. The van der Waals surface area contributed by atoms with Crippen LogP contribution in [0.3, 0.4) is 0 Å². The van der Waals surface area contributed by atoms with Gasteiger partial charge in [-0.15, -0.1) is 0 Å². The molecule has 1 fully saturated rings. The van der Waals surface area contributed by atoms with Crippen LogP contribution in [0.2, 0.25) is 5.02 Å². The summed E-state index contributed by atoms with van der Waals surface area (Å²) in [6.07, 6.45) is 5.16. The van der Waals surface area contributed by atoms with Gasteiger partial charge in [0.2, 0.25) is 0 Å². The molecule has 3 rings (SSSR count). The largest absolute Gasteiger partial charge is 0.389 e. The number of hydrogen-bond acceptors (Lipinski definition) is 4. The molecule has 0 amide bonds. The van der Waals surface area contributed by atoms with Gasteiger partial charge in [-0.25, -0.2) is 0 Å². The van der Waals surface area contributed by atoms with Crippen LogP contribution in [-0.4, -0.2) is 52.1 Å². The minimum atomic E-state index is -0.454. The van der Waals surface area contributed by atoms with E-state index in [4.69, 9.17) is 16.3 Å². The van der Waals surface area contributed by atoms with Crippen molar-refractivity contribution in [2.45, 2.75) is 31.6 Å². The number of aliphatic hydroxyl groups excluding tert-OH is 1. The molecule has 0 radical (unpaired) electrons. The highest BCUT2D eigenvalue weighted by Gasteiger charge is 2.22. The zero-order valence-electron chi connectivity index (χ0n) is 13.7. The highest BCUT2D eigenvalue weighted by Crippen LogP contribution is 2.23. The minimum absolute atomic E-state index is 0.365. The van der Waals surface area contributed by atoms with Crippen molar-refractivity contribution in [3.05, 3.63) is 53.3 Å². The van der Waals surface area contributed by atoms with Crippen LogP contribution in [-0.2, 0) is 11.3 Å². The van der Waals surface area contributed by atoms with E-state index in [0.29, 0.717) is 30.8 Å². The van der Waals surface area contributed by atoms with Crippen LogP contribution in [0.4, 0.5) is 0 Å². The van der Waals surface area contributed by atoms with Gasteiger partial charge in [0.15, 0.2) is 0 Å². The lowest BCUT2D eigenvalue weighted by Gasteiger charge is -2.33. The van der Waals surface area contributed by atoms with Gasteiger partial charge >= 0.3 is 0 Å². The van der Waals surface area contributed by atoms with E-state index in [-0.39, 0.29) is 0 Å². The van der Waals surface area contributed by atoms with Gasteiger partial charge in [0.25, 0.3) is 0 Å². The first-order valence-corrected chi connectivity index (χ1v) is 8.80. The van der Waals surface area contributed by atoms with Gasteiger partial charge in [-0.1, -0.05) is 41.9 Å². The van der Waals surface area contributed by atoms with E-state index < -0.39 is 6.10 Å². The molecule has 2 heterocycles. The van der Waals surface area contributed by atoms with Gasteiger partial charge in [0.1, 0.15) is 0 Å². The maximum absolute atomic E-state index is 10.2. The maximum Gasteiger partial charge on any atom is 0.0900 e. The fourth-order valence-corrected chi connectivity index (χ4v) is 3.26. The van der Waals surface area contributed by atoms with Crippen molar-refractivity contribution in [2.75, 3.05) is 26.2 Å². The smallest absolute Gasteiger partial charge is 0.0900 e. The number of benzene rings is 1. The molecule has 2 aromatic rings. The van der Waals surface area contributed by atoms with Crippen LogP contribution in [0.5, 0.6) is 0 Å². The van der Waals surface area contributed by atoms with E-state index in [0.717, 1.165) is 31.5 Å². The normalized spacial score (nSPS) is 17.9. The molecule has 0 bridgehead atoms. The van der Waals surface area contributed by atoms with Crippen molar-refractivity contribution in [1.82, 2.24) is 14.7 Å². The summed E-state index contributed by atoms with van der Waals surface area (Å²) in [4.78, 5) is 2.29. The van der Waals surface area contributed by atoms with Crippen LogP contribution in [0, 0.1) is 0 Å². The third-order valence-electron chi connectivity index (χ3n) is 4.39. The predicted molar refractivity (Wildman–Crippen MR) is 94.1 cm³/mol. The van der Waals surface area contributed by atoms with E-state index >= 15 is 0 Å². The summed E-state index contributed by atoms with van der Waals surface area (Å²) in [5, 5.41) is 15.1. The SMILES string of the molecule is OC(COCc1ccccc1)CN1CCC(n2cc(Cl)cn2)CC1. The van der Waals surface area contributed by atoms with Crippen LogP contribution in [0.15, 0.2) is 42.7 Å². The third-order valence-corrected chi connectivity index (χ3v) is 4.59. The van der Waals surface area contributed by atoms with E-state index in [1.807, 2.05) is 41.2 Å². The maximum atomic E-state index is 10.2. The second kappa shape index (κ2) is 8.62. The van der Waals surface area contributed by atoms with E-state index in [1.54, 1.807) is 6.20 Å². The van der Waals surface area contributed by atoms with Gasteiger partial charge in [0.05, 0.1) is 36.6 Å². The Kier molecular flexibility index (Phi) is 6.26. The van der Waals surface area contributed by atoms with Crippen LogP contribution in [0.1, 0.15) is 24.4 Å². The molecular formula is C18H24ClN3O2. The molecule has 1 aromatic heterocycles. The fraction of sp³-hybridized carbons (Fsp3) is 0.500. The Bertz CT molecular complexity index is 612. The van der Waals surface area contributed by atoms with E-state index in [1.165, 1.54) is 0 Å². The standard InChI is InChI=1S/C18H24ClN3O2/c19-16-10-20-22(11-16)17-6-8-21(9-7-17)12-18(23)14-24-13-15-4-2-1-3-5-15/h1-5,10-11,17-18,23H,6-9,12-14H2. The average Bonchev–Trinajstić information content (AvgIpc) is 3.03. The van der Waals surface area contributed by atoms with Crippen molar-refractivity contribution in [3.8, 4) is 0 Å². The van der Waals surface area contributed by atoms with Gasteiger partial charge in [-0.2, -0.15) is 5.10 Å². The second-order valence-corrected chi connectivity index (χ2v) is 6.76. The second-order valence-electron chi connectivity index (χ2n) is 6.32. The number of halogens is 1. The molecule has 1 unspecified atom stereocenters. The third kappa shape index (κ3) is 5.05. The Balaban J connectivity index is 1.35. The van der Waals surface area contributed by atoms with Crippen molar-refractivity contribution in [2.24, 2.45) is 0 Å². The number of piperidine rings is 1. The summed E-state index contributed by atoms with van der Waals surface area (Å²) in [6, 6.07) is 10.4. The zero-order valence-corrected chi connectivity index (χ0v) is 14.5. The van der Waals surface area contributed by atoms with Crippen LogP contribution in [0.25, 0.3) is 0 Å². The van der Waals surface area contributed by atoms with Gasteiger partial charge in [0, 0.05) is 25.8 Å². The molecule has 1 saturated heterocycles. The molecule has 0 saturated carbocycles. The molecule has 0 spiro atoms. The van der Waals surface area contributed by atoms with Gasteiger partial charge < -0.3 is 14.7 Å². The Hall–Kier alpha value is -1.40. The van der Waals surface area contributed by atoms with Crippen molar-refractivity contribution < 1.29 is 9.84 Å². The minimum Gasteiger partial charge on any atom is -0.389 e. The first-order chi connectivity index (χ1) is 11.7. The Morgan fingerprint density at radius 2 is 2.00 bits per heavy atom. The topological polar surface area (TPSA) is 50.5 Å². The van der Waals surface area contributed by atoms with Crippen LogP contribution < -0.4 is 0 Å². The number of ether oxygens (including phenoxy) is 1. The molecule has 24 heavy (non-hydrogen) atoms. The summed E-state index contributed by atoms with van der Waals surface area (Å²) < 4.78 is 7.57. The summed E-state index contributed by atoms with van der Waals surface area (Å²) >= 11 is 5.93. The molecule has 1 atom stereocenters. The lowest BCUT2D eigenvalue weighted by Crippen LogP contribution is -2.40. The van der Waals surface area contributed by atoms with Gasteiger partial charge in [-0.3, -0.25) is 4.68 Å². The zero-order chi connectivity index (χ0) is 16.8. The summed E-state index contributed by atoms with van der Waals surface area (Å²) in [7, 11) is 0.